The fourth-order valence-electron chi connectivity index (χ4n) is 2.54. The largest absolute Gasteiger partial charge is 0.377 e. The normalized spacial score (nSPS) is 10.7. The molecular formula is C20H22N4O2. The number of amides is 1. The molecule has 0 atom stereocenters. The molecule has 0 saturated heterocycles. The third-order valence-corrected chi connectivity index (χ3v) is 3.94. The van der Waals surface area contributed by atoms with Gasteiger partial charge < -0.3 is 10.1 Å². The molecule has 134 valence electrons. The zero-order valence-electron chi connectivity index (χ0n) is 14.8. The van der Waals surface area contributed by atoms with E-state index in [-0.39, 0.29) is 5.91 Å². The highest BCUT2D eigenvalue weighted by atomic mass is 16.5. The van der Waals surface area contributed by atoms with Gasteiger partial charge >= 0.3 is 0 Å². The topological polar surface area (TPSA) is 69.0 Å². The number of rotatable bonds is 8. The summed E-state index contributed by atoms with van der Waals surface area (Å²) in [5.41, 5.74) is 2.67. The van der Waals surface area contributed by atoms with E-state index in [9.17, 15) is 4.79 Å². The molecule has 6 heteroatoms. The summed E-state index contributed by atoms with van der Waals surface area (Å²) in [4.78, 5) is 20.7. The van der Waals surface area contributed by atoms with E-state index < -0.39 is 0 Å². The van der Waals surface area contributed by atoms with Crippen LogP contribution < -0.4 is 5.32 Å². The maximum absolute atomic E-state index is 12.4. The van der Waals surface area contributed by atoms with Gasteiger partial charge in [-0.1, -0.05) is 31.2 Å². The summed E-state index contributed by atoms with van der Waals surface area (Å²) < 4.78 is 7.41. The van der Waals surface area contributed by atoms with Gasteiger partial charge in [0.2, 0.25) is 0 Å². The van der Waals surface area contributed by atoms with Gasteiger partial charge in [0.15, 0.2) is 0 Å². The van der Waals surface area contributed by atoms with E-state index in [0.717, 1.165) is 30.0 Å². The predicted molar refractivity (Wildman–Crippen MR) is 98.9 cm³/mol. The van der Waals surface area contributed by atoms with E-state index in [2.05, 4.69) is 22.2 Å². The molecule has 3 rings (SSSR count). The standard InChI is InChI=1S/C20H22N4O2/c1-2-11-26-14-18-6-4-3-5-16(18)12-23-20(25)17-7-8-19(22-13-17)24-10-9-21-15-24/h3-10,13,15H,2,11-12,14H2,1H3,(H,23,25). The molecule has 0 aliphatic carbocycles. The molecule has 1 aromatic carbocycles. The lowest BCUT2D eigenvalue weighted by Gasteiger charge is -2.11. The van der Waals surface area contributed by atoms with Crippen LogP contribution in [0.2, 0.25) is 0 Å². The zero-order chi connectivity index (χ0) is 18.2. The molecule has 0 bridgehead atoms. The minimum Gasteiger partial charge on any atom is -0.377 e. The van der Waals surface area contributed by atoms with Gasteiger partial charge in [0.05, 0.1) is 12.2 Å². The number of hydrogen-bond donors (Lipinski definition) is 1. The Hall–Kier alpha value is -2.99. The number of carbonyl (C=O) groups excluding carboxylic acids is 1. The van der Waals surface area contributed by atoms with Crippen LogP contribution in [0.5, 0.6) is 0 Å². The van der Waals surface area contributed by atoms with E-state index in [1.165, 1.54) is 0 Å². The number of nitrogens with one attached hydrogen (secondary N) is 1. The molecule has 0 fully saturated rings. The molecular weight excluding hydrogens is 328 g/mol. The highest BCUT2D eigenvalue weighted by Gasteiger charge is 2.08. The summed E-state index contributed by atoms with van der Waals surface area (Å²) in [7, 11) is 0. The Morgan fingerprint density at radius 2 is 2.04 bits per heavy atom. The molecule has 2 heterocycles. The van der Waals surface area contributed by atoms with Gasteiger partial charge in [0.25, 0.3) is 5.91 Å². The first-order valence-electron chi connectivity index (χ1n) is 8.65. The number of aromatic nitrogens is 3. The first-order chi connectivity index (χ1) is 12.8. The maximum Gasteiger partial charge on any atom is 0.253 e. The summed E-state index contributed by atoms with van der Waals surface area (Å²) in [6, 6.07) is 11.5. The molecule has 0 spiro atoms. The lowest BCUT2D eigenvalue weighted by atomic mass is 10.1. The van der Waals surface area contributed by atoms with Crippen LogP contribution in [0.15, 0.2) is 61.3 Å². The van der Waals surface area contributed by atoms with E-state index in [4.69, 9.17) is 4.74 Å². The van der Waals surface area contributed by atoms with E-state index in [1.54, 1.807) is 41.6 Å². The third-order valence-electron chi connectivity index (χ3n) is 3.94. The molecule has 6 nitrogen and oxygen atoms in total. The Kier molecular flexibility index (Phi) is 6.11. The first-order valence-corrected chi connectivity index (χ1v) is 8.65. The Morgan fingerprint density at radius 3 is 2.73 bits per heavy atom. The monoisotopic (exact) mass is 350 g/mol. The minimum absolute atomic E-state index is 0.154. The summed E-state index contributed by atoms with van der Waals surface area (Å²) >= 11 is 0. The Labute approximate surface area is 152 Å². The quantitative estimate of drug-likeness (QED) is 0.634. The van der Waals surface area contributed by atoms with Gasteiger partial charge in [-0.25, -0.2) is 9.97 Å². The van der Waals surface area contributed by atoms with Crippen molar-refractivity contribution in [3.8, 4) is 5.82 Å². The molecule has 2 aromatic heterocycles. The molecule has 0 unspecified atom stereocenters. The molecule has 3 aromatic rings. The van der Waals surface area contributed by atoms with Gasteiger partial charge in [-0.15, -0.1) is 0 Å². The fraction of sp³-hybridized carbons (Fsp3) is 0.250. The molecule has 0 radical (unpaired) electrons. The number of hydrogen-bond acceptors (Lipinski definition) is 4. The van der Waals surface area contributed by atoms with Crippen molar-refractivity contribution in [2.45, 2.75) is 26.5 Å². The van der Waals surface area contributed by atoms with E-state index >= 15 is 0 Å². The molecule has 0 saturated carbocycles. The first kappa shape index (κ1) is 17.8. The van der Waals surface area contributed by atoms with Crippen LogP contribution in [0.4, 0.5) is 0 Å². The molecule has 0 aliphatic heterocycles. The summed E-state index contributed by atoms with van der Waals surface area (Å²) in [5.74, 6) is 0.566. The number of benzene rings is 1. The number of ether oxygens (including phenoxy) is 1. The van der Waals surface area contributed by atoms with Crippen molar-refractivity contribution in [3.05, 3.63) is 78.0 Å². The van der Waals surface area contributed by atoms with Crippen molar-refractivity contribution in [1.82, 2.24) is 19.9 Å². The van der Waals surface area contributed by atoms with Crippen LogP contribution in [-0.2, 0) is 17.9 Å². The highest BCUT2D eigenvalue weighted by Crippen LogP contribution is 2.11. The van der Waals surface area contributed by atoms with Crippen LogP contribution in [-0.4, -0.2) is 27.0 Å². The summed E-state index contributed by atoms with van der Waals surface area (Å²) in [5, 5.41) is 2.95. The lowest BCUT2D eigenvalue weighted by molar-refractivity contribution is 0.0949. The van der Waals surface area contributed by atoms with Crippen LogP contribution in [0, 0.1) is 0 Å². The number of pyridine rings is 1. The molecule has 0 aliphatic rings. The average molecular weight is 350 g/mol. The third kappa shape index (κ3) is 4.55. The summed E-state index contributed by atoms with van der Waals surface area (Å²) in [6.45, 7) is 3.82. The number of nitrogens with zero attached hydrogens (tertiary/aromatic N) is 3. The zero-order valence-corrected chi connectivity index (χ0v) is 14.8. The lowest BCUT2D eigenvalue weighted by Crippen LogP contribution is -2.23. The molecule has 1 amide bonds. The Bertz CT molecular complexity index is 829. The van der Waals surface area contributed by atoms with Crippen LogP contribution in [0.1, 0.15) is 34.8 Å². The summed E-state index contributed by atoms with van der Waals surface area (Å²) in [6.07, 6.45) is 7.71. The van der Waals surface area contributed by atoms with Crippen LogP contribution >= 0.6 is 0 Å². The van der Waals surface area contributed by atoms with Crippen molar-refractivity contribution in [1.29, 1.82) is 0 Å². The van der Waals surface area contributed by atoms with E-state index in [0.29, 0.717) is 18.7 Å². The van der Waals surface area contributed by atoms with Gasteiger partial charge in [-0.2, -0.15) is 0 Å². The van der Waals surface area contributed by atoms with Crippen LogP contribution in [0.25, 0.3) is 5.82 Å². The fourth-order valence-corrected chi connectivity index (χ4v) is 2.54. The number of carbonyl (C=O) groups is 1. The van der Waals surface area contributed by atoms with Crippen LogP contribution in [0.3, 0.4) is 0 Å². The average Bonchev–Trinajstić information content (AvgIpc) is 3.22. The molecule has 26 heavy (non-hydrogen) atoms. The van der Waals surface area contributed by atoms with Gasteiger partial charge in [0, 0.05) is 31.7 Å². The van der Waals surface area contributed by atoms with Crippen molar-refractivity contribution < 1.29 is 9.53 Å². The Morgan fingerprint density at radius 1 is 1.19 bits per heavy atom. The second kappa shape index (κ2) is 8.92. The minimum atomic E-state index is -0.154. The maximum atomic E-state index is 12.4. The second-order valence-electron chi connectivity index (χ2n) is 5.88. The van der Waals surface area contributed by atoms with Crippen molar-refractivity contribution in [3.63, 3.8) is 0 Å². The van der Waals surface area contributed by atoms with Gasteiger partial charge in [0.1, 0.15) is 12.1 Å². The Balaban J connectivity index is 1.60. The smallest absolute Gasteiger partial charge is 0.253 e. The predicted octanol–water partition coefficient (Wildman–Crippen LogP) is 3.12. The SMILES string of the molecule is CCCOCc1ccccc1CNC(=O)c1ccc(-n2ccnc2)nc1. The van der Waals surface area contributed by atoms with Gasteiger partial charge in [-0.05, 0) is 29.7 Å². The second-order valence-corrected chi connectivity index (χ2v) is 5.88. The van der Waals surface area contributed by atoms with Crippen molar-refractivity contribution >= 4 is 5.91 Å². The highest BCUT2D eigenvalue weighted by molar-refractivity contribution is 5.93. The number of imidazole rings is 1. The van der Waals surface area contributed by atoms with Gasteiger partial charge in [-0.3, -0.25) is 9.36 Å². The van der Waals surface area contributed by atoms with E-state index in [1.807, 2.05) is 24.3 Å². The molecule has 1 N–H and O–H groups in total. The van der Waals surface area contributed by atoms with Crippen molar-refractivity contribution in [2.24, 2.45) is 0 Å². The van der Waals surface area contributed by atoms with Crippen molar-refractivity contribution in [2.75, 3.05) is 6.61 Å².